The third-order valence-electron chi connectivity index (χ3n) is 1.75. The van der Waals surface area contributed by atoms with E-state index in [0.717, 1.165) is 0 Å². The molecular formula is C8H12N4O3S. The molecule has 1 rings (SSSR count). The van der Waals surface area contributed by atoms with E-state index < -0.39 is 4.92 Å². The van der Waals surface area contributed by atoms with Gasteiger partial charge in [-0.3, -0.25) is 10.1 Å². The van der Waals surface area contributed by atoms with Crippen LogP contribution < -0.4 is 5.32 Å². The van der Waals surface area contributed by atoms with Crippen molar-refractivity contribution in [1.82, 2.24) is 9.97 Å². The summed E-state index contributed by atoms with van der Waals surface area (Å²) in [5, 5.41) is 22.5. The van der Waals surface area contributed by atoms with Gasteiger partial charge in [-0.2, -0.15) is 0 Å². The highest BCUT2D eigenvalue weighted by Gasteiger charge is 2.21. The van der Waals surface area contributed by atoms with Crippen LogP contribution in [0.1, 0.15) is 6.42 Å². The van der Waals surface area contributed by atoms with Gasteiger partial charge < -0.3 is 10.4 Å². The monoisotopic (exact) mass is 244 g/mol. The predicted molar refractivity (Wildman–Crippen MR) is 60.7 cm³/mol. The van der Waals surface area contributed by atoms with Gasteiger partial charge in [-0.1, -0.05) is 11.8 Å². The van der Waals surface area contributed by atoms with Crippen molar-refractivity contribution in [2.24, 2.45) is 0 Å². The maximum absolute atomic E-state index is 10.9. The van der Waals surface area contributed by atoms with E-state index in [2.05, 4.69) is 15.3 Å². The number of aliphatic hydroxyl groups excluding tert-OH is 1. The van der Waals surface area contributed by atoms with Crippen molar-refractivity contribution in [3.05, 3.63) is 16.4 Å². The number of anilines is 1. The first-order valence-corrected chi connectivity index (χ1v) is 5.60. The Kier molecular flexibility index (Phi) is 4.93. The molecule has 0 fully saturated rings. The summed E-state index contributed by atoms with van der Waals surface area (Å²) in [4.78, 5) is 18.0. The lowest BCUT2D eigenvalue weighted by molar-refractivity contribution is -0.387. The molecule has 0 saturated heterocycles. The molecule has 0 aliphatic rings. The topological polar surface area (TPSA) is 101 Å². The summed E-state index contributed by atoms with van der Waals surface area (Å²) >= 11 is 1.24. The summed E-state index contributed by atoms with van der Waals surface area (Å²) in [5.41, 5.74) is -0.118. The number of hydrogen-bond acceptors (Lipinski definition) is 7. The number of thioether (sulfide) groups is 1. The molecule has 1 aromatic rings. The van der Waals surface area contributed by atoms with E-state index >= 15 is 0 Å². The quantitative estimate of drug-likeness (QED) is 0.252. The smallest absolute Gasteiger partial charge is 0.343 e. The molecule has 0 radical (unpaired) electrons. The SMILES string of the molecule is CNc1ncnc(SCCCO)c1[N+](=O)[O-]. The van der Waals surface area contributed by atoms with Crippen LogP contribution in [0.25, 0.3) is 0 Å². The van der Waals surface area contributed by atoms with Gasteiger partial charge in [-0.05, 0) is 6.42 Å². The molecule has 8 heteroatoms. The van der Waals surface area contributed by atoms with Crippen LogP contribution in [0.5, 0.6) is 0 Å². The lowest BCUT2D eigenvalue weighted by Gasteiger charge is -2.04. The molecule has 0 saturated carbocycles. The largest absolute Gasteiger partial charge is 0.396 e. The highest BCUT2D eigenvalue weighted by molar-refractivity contribution is 7.99. The van der Waals surface area contributed by atoms with Gasteiger partial charge in [-0.25, -0.2) is 9.97 Å². The van der Waals surface area contributed by atoms with Gasteiger partial charge in [-0.15, -0.1) is 0 Å². The summed E-state index contributed by atoms with van der Waals surface area (Å²) in [6.45, 7) is 0.0603. The average Bonchev–Trinajstić information content (AvgIpc) is 2.28. The Hall–Kier alpha value is -1.41. The fraction of sp³-hybridized carbons (Fsp3) is 0.500. The molecular weight excluding hydrogens is 232 g/mol. The maximum Gasteiger partial charge on any atom is 0.343 e. The lowest BCUT2D eigenvalue weighted by Crippen LogP contribution is -2.02. The second kappa shape index (κ2) is 6.23. The van der Waals surface area contributed by atoms with Crippen molar-refractivity contribution in [1.29, 1.82) is 0 Å². The molecule has 1 aromatic heterocycles. The highest BCUT2D eigenvalue weighted by atomic mass is 32.2. The molecule has 2 N–H and O–H groups in total. The Balaban J connectivity index is 2.93. The van der Waals surface area contributed by atoms with Gasteiger partial charge in [0.25, 0.3) is 0 Å². The van der Waals surface area contributed by atoms with Crippen LogP contribution in [-0.2, 0) is 0 Å². The van der Waals surface area contributed by atoms with Crippen LogP contribution >= 0.6 is 11.8 Å². The van der Waals surface area contributed by atoms with Crippen LogP contribution in [0.15, 0.2) is 11.4 Å². The number of nitrogens with zero attached hydrogens (tertiary/aromatic N) is 3. The fourth-order valence-electron chi connectivity index (χ4n) is 1.05. The molecule has 0 atom stereocenters. The van der Waals surface area contributed by atoms with Crippen molar-refractivity contribution in [2.45, 2.75) is 11.4 Å². The van der Waals surface area contributed by atoms with Gasteiger partial charge in [0.2, 0.25) is 5.82 Å². The molecule has 0 bridgehead atoms. The van der Waals surface area contributed by atoms with Crippen LogP contribution in [0.3, 0.4) is 0 Å². The van der Waals surface area contributed by atoms with Gasteiger partial charge in [0.05, 0.1) is 4.92 Å². The first kappa shape index (κ1) is 12.7. The van der Waals surface area contributed by atoms with Crippen LogP contribution in [-0.4, -0.2) is 39.4 Å². The minimum absolute atomic E-state index is 0.0603. The maximum atomic E-state index is 10.9. The summed E-state index contributed by atoms with van der Waals surface area (Å²) in [6.07, 6.45) is 1.85. The normalized spacial score (nSPS) is 10.1. The summed E-state index contributed by atoms with van der Waals surface area (Å²) in [6, 6.07) is 0. The van der Waals surface area contributed by atoms with Gasteiger partial charge in [0, 0.05) is 19.4 Å². The molecule has 0 aliphatic heterocycles. The number of nitro groups is 1. The lowest BCUT2D eigenvalue weighted by atomic mass is 10.5. The molecule has 0 amide bonds. The van der Waals surface area contributed by atoms with E-state index in [1.165, 1.54) is 18.1 Å². The predicted octanol–water partition coefficient (Wildman–Crippen LogP) is 0.901. The van der Waals surface area contributed by atoms with Gasteiger partial charge in [0.15, 0.2) is 5.03 Å². The van der Waals surface area contributed by atoms with Crippen LogP contribution in [0.2, 0.25) is 0 Å². The van der Waals surface area contributed by atoms with Crippen molar-refractivity contribution in [3.8, 4) is 0 Å². The minimum Gasteiger partial charge on any atom is -0.396 e. The van der Waals surface area contributed by atoms with E-state index in [1.807, 2.05) is 0 Å². The summed E-state index contributed by atoms with van der Waals surface area (Å²) < 4.78 is 0. The standard InChI is InChI=1S/C8H12N4O3S/c1-9-7-6(12(14)15)8(11-5-10-7)16-4-2-3-13/h5,13H,2-4H2,1H3,(H,9,10,11). The van der Waals surface area contributed by atoms with Crippen molar-refractivity contribution < 1.29 is 10.0 Å². The zero-order valence-corrected chi connectivity index (χ0v) is 9.53. The third kappa shape index (κ3) is 3.04. The second-order valence-corrected chi connectivity index (χ2v) is 3.89. The molecule has 1 heterocycles. The van der Waals surface area contributed by atoms with E-state index in [4.69, 9.17) is 5.11 Å². The molecule has 88 valence electrons. The fourth-order valence-corrected chi connectivity index (χ4v) is 1.95. The Morgan fingerprint density at radius 2 is 2.38 bits per heavy atom. The van der Waals surface area contributed by atoms with Gasteiger partial charge >= 0.3 is 5.69 Å². The minimum atomic E-state index is -0.507. The summed E-state index contributed by atoms with van der Waals surface area (Å²) in [7, 11) is 1.57. The zero-order valence-electron chi connectivity index (χ0n) is 8.71. The second-order valence-electron chi connectivity index (χ2n) is 2.81. The number of aromatic nitrogens is 2. The first-order valence-electron chi connectivity index (χ1n) is 4.61. The van der Waals surface area contributed by atoms with E-state index in [1.54, 1.807) is 7.05 Å². The van der Waals surface area contributed by atoms with Crippen molar-refractivity contribution in [3.63, 3.8) is 0 Å². The number of rotatable bonds is 6. The molecule has 0 aliphatic carbocycles. The number of aliphatic hydroxyl groups is 1. The highest BCUT2D eigenvalue weighted by Crippen LogP contribution is 2.31. The van der Waals surface area contributed by atoms with E-state index in [0.29, 0.717) is 17.2 Å². The van der Waals surface area contributed by atoms with E-state index in [9.17, 15) is 10.1 Å². The first-order chi connectivity index (χ1) is 7.70. The van der Waals surface area contributed by atoms with E-state index in [-0.39, 0.29) is 18.1 Å². The molecule has 16 heavy (non-hydrogen) atoms. The molecule has 0 aromatic carbocycles. The Labute approximate surface area is 96.5 Å². The Morgan fingerprint density at radius 1 is 1.62 bits per heavy atom. The number of nitrogens with one attached hydrogen (secondary N) is 1. The van der Waals surface area contributed by atoms with Crippen LogP contribution in [0.4, 0.5) is 11.5 Å². The molecule has 0 spiro atoms. The van der Waals surface area contributed by atoms with Crippen molar-refractivity contribution in [2.75, 3.05) is 24.7 Å². The van der Waals surface area contributed by atoms with Crippen LogP contribution in [0, 0.1) is 10.1 Å². The Bertz CT molecular complexity index is 374. The third-order valence-corrected chi connectivity index (χ3v) is 2.81. The average molecular weight is 244 g/mol. The van der Waals surface area contributed by atoms with Crippen molar-refractivity contribution >= 4 is 23.3 Å². The Morgan fingerprint density at radius 3 is 2.94 bits per heavy atom. The van der Waals surface area contributed by atoms with Gasteiger partial charge in [0.1, 0.15) is 6.33 Å². The molecule has 7 nitrogen and oxygen atoms in total. The summed E-state index contributed by atoms with van der Waals surface area (Å²) in [5.74, 6) is 0.781. The number of hydrogen-bond donors (Lipinski definition) is 2. The molecule has 0 unspecified atom stereocenters. The zero-order chi connectivity index (χ0) is 12.0.